The van der Waals surface area contributed by atoms with Gasteiger partial charge in [-0.1, -0.05) is 0 Å². The lowest BCUT2D eigenvalue weighted by Gasteiger charge is -2.19. The minimum absolute atomic E-state index is 1.21. The molecule has 0 saturated carbocycles. The summed E-state index contributed by atoms with van der Waals surface area (Å²) in [4.78, 5) is 0. The number of thiophene rings is 1. The summed E-state index contributed by atoms with van der Waals surface area (Å²) in [5, 5.41) is 4.38. The van der Waals surface area contributed by atoms with Crippen LogP contribution < -0.4 is 0 Å². The molecule has 0 atom stereocenters. The molecule has 0 radical (unpaired) electrons. The van der Waals surface area contributed by atoms with Gasteiger partial charge in [-0.2, -0.15) is 11.3 Å². The second-order valence-corrected chi connectivity index (χ2v) is 9.16. The van der Waals surface area contributed by atoms with Gasteiger partial charge in [0.05, 0.1) is 0 Å². The Balaban J connectivity index is 2.21. The van der Waals surface area contributed by atoms with E-state index in [1.54, 1.807) is 11.3 Å². The Kier molecular flexibility index (Phi) is 4.16. The fraction of sp³-hybridized carbons (Fsp3) is 0.600. The average Bonchev–Trinajstić information content (AvgIpc) is 2.57. The lowest BCUT2D eigenvalue weighted by Crippen LogP contribution is -2.28. The molecule has 3 heteroatoms. The molecule has 1 rings (SSSR count). The minimum Gasteiger partial charge on any atom is -0.420 e. The van der Waals surface area contributed by atoms with Gasteiger partial charge in [0.25, 0.3) is 0 Å². The van der Waals surface area contributed by atoms with Crippen molar-refractivity contribution in [3.63, 3.8) is 0 Å². The zero-order valence-corrected chi connectivity index (χ0v) is 10.5. The summed E-state index contributed by atoms with van der Waals surface area (Å²) in [7, 11) is 0.537. The van der Waals surface area contributed by atoms with E-state index in [1.807, 2.05) is 7.11 Å². The van der Waals surface area contributed by atoms with Crippen LogP contribution in [0.5, 0.6) is 0 Å². The lowest BCUT2D eigenvalue weighted by molar-refractivity contribution is 0.402. The average molecular weight is 214 g/mol. The fourth-order valence-corrected chi connectivity index (χ4v) is 3.19. The van der Waals surface area contributed by atoms with E-state index in [0.29, 0.717) is 0 Å². The first-order valence-corrected chi connectivity index (χ1v) is 8.76. The van der Waals surface area contributed by atoms with E-state index in [4.69, 9.17) is 4.43 Å². The van der Waals surface area contributed by atoms with Crippen molar-refractivity contribution < 1.29 is 4.43 Å². The highest BCUT2D eigenvalue weighted by atomic mass is 32.1. The molecular weight excluding hydrogens is 196 g/mol. The van der Waals surface area contributed by atoms with E-state index in [9.17, 15) is 0 Å². The van der Waals surface area contributed by atoms with Gasteiger partial charge in [0, 0.05) is 7.11 Å². The first-order chi connectivity index (χ1) is 6.14. The topological polar surface area (TPSA) is 9.23 Å². The fourth-order valence-electron chi connectivity index (χ4n) is 1.26. The molecule has 0 fully saturated rings. The maximum Gasteiger partial charge on any atom is 0.186 e. The third-order valence-corrected chi connectivity index (χ3v) is 5.77. The Morgan fingerprint density at radius 3 is 2.77 bits per heavy atom. The van der Waals surface area contributed by atoms with Gasteiger partial charge in [-0.25, -0.2) is 0 Å². The predicted molar refractivity (Wildman–Crippen MR) is 61.9 cm³/mol. The van der Waals surface area contributed by atoms with E-state index in [0.717, 1.165) is 0 Å². The Labute approximate surface area is 85.9 Å². The molecule has 74 valence electrons. The Hall–Kier alpha value is -0.123. The van der Waals surface area contributed by atoms with Crippen LogP contribution in [-0.4, -0.2) is 15.4 Å². The second-order valence-electron chi connectivity index (χ2n) is 3.95. The molecule has 1 heterocycles. The third-order valence-electron chi connectivity index (χ3n) is 2.38. The van der Waals surface area contributed by atoms with E-state index >= 15 is 0 Å². The largest absolute Gasteiger partial charge is 0.420 e. The Morgan fingerprint density at radius 1 is 1.46 bits per heavy atom. The molecule has 0 aromatic carbocycles. The lowest BCUT2D eigenvalue weighted by atomic mass is 10.2. The third kappa shape index (κ3) is 4.07. The van der Waals surface area contributed by atoms with Crippen LogP contribution in [0.3, 0.4) is 0 Å². The normalized spacial score (nSPS) is 11.9. The second kappa shape index (κ2) is 4.93. The molecule has 1 aromatic rings. The molecule has 0 unspecified atom stereocenters. The molecule has 0 N–H and O–H groups in total. The van der Waals surface area contributed by atoms with Crippen LogP contribution in [0.2, 0.25) is 19.1 Å². The van der Waals surface area contributed by atoms with Gasteiger partial charge >= 0.3 is 0 Å². The van der Waals surface area contributed by atoms with Crippen molar-refractivity contribution in [1.82, 2.24) is 0 Å². The van der Waals surface area contributed by atoms with Crippen LogP contribution >= 0.6 is 11.3 Å². The van der Waals surface area contributed by atoms with Gasteiger partial charge in [-0.3, -0.25) is 0 Å². The van der Waals surface area contributed by atoms with Gasteiger partial charge in [-0.15, -0.1) is 0 Å². The summed E-state index contributed by atoms with van der Waals surface area (Å²) < 4.78 is 5.50. The first kappa shape index (κ1) is 11.0. The Bertz CT molecular complexity index is 231. The standard InChI is InChI=1S/C10H18OSSi/c1-11-13(2,3)8-4-5-10-6-7-12-9-10/h6-7,9H,4-5,8H2,1-3H3. The molecule has 0 saturated heterocycles. The SMILES string of the molecule is CO[Si](C)(C)CCCc1ccsc1. The number of hydrogen-bond acceptors (Lipinski definition) is 2. The summed E-state index contributed by atoms with van der Waals surface area (Å²) in [6.45, 7) is 4.56. The molecule has 0 bridgehead atoms. The van der Waals surface area contributed by atoms with Crippen molar-refractivity contribution in [2.24, 2.45) is 0 Å². The van der Waals surface area contributed by atoms with Crippen LogP contribution in [-0.2, 0) is 10.8 Å². The zero-order chi connectivity index (χ0) is 9.73. The van der Waals surface area contributed by atoms with Crippen molar-refractivity contribution in [3.05, 3.63) is 22.4 Å². The van der Waals surface area contributed by atoms with E-state index < -0.39 is 8.32 Å². The monoisotopic (exact) mass is 214 g/mol. The van der Waals surface area contributed by atoms with Gasteiger partial charge in [0.2, 0.25) is 0 Å². The van der Waals surface area contributed by atoms with Gasteiger partial charge < -0.3 is 4.43 Å². The van der Waals surface area contributed by atoms with Crippen molar-refractivity contribution in [1.29, 1.82) is 0 Å². The smallest absolute Gasteiger partial charge is 0.186 e. The van der Waals surface area contributed by atoms with Crippen molar-refractivity contribution >= 4 is 19.7 Å². The van der Waals surface area contributed by atoms with Crippen molar-refractivity contribution in [3.8, 4) is 0 Å². The summed E-state index contributed by atoms with van der Waals surface area (Å²) in [5.74, 6) is 0. The summed E-state index contributed by atoms with van der Waals surface area (Å²) in [5.41, 5.74) is 1.48. The summed E-state index contributed by atoms with van der Waals surface area (Å²) >= 11 is 1.78. The van der Waals surface area contributed by atoms with Crippen LogP contribution in [0, 0.1) is 0 Å². The molecule has 0 aliphatic rings. The van der Waals surface area contributed by atoms with Crippen LogP contribution in [0.15, 0.2) is 16.8 Å². The molecule has 13 heavy (non-hydrogen) atoms. The molecule has 1 nitrogen and oxygen atoms in total. The van der Waals surface area contributed by atoms with Crippen LogP contribution in [0.4, 0.5) is 0 Å². The number of rotatable bonds is 5. The summed E-state index contributed by atoms with van der Waals surface area (Å²) in [6, 6.07) is 3.48. The molecule has 1 aromatic heterocycles. The Morgan fingerprint density at radius 2 is 2.23 bits per heavy atom. The molecule has 0 amide bonds. The molecular formula is C10H18OSSi. The highest BCUT2D eigenvalue weighted by Crippen LogP contribution is 2.16. The number of aryl methyl sites for hydroxylation is 1. The van der Waals surface area contributed by atoms with E-state index in [-0.39, 0.29) is 0 Å². The minimum atomic E-state index is -1.31. The highest BCUT2D eigenvalue weighted by Gasteiger charge is 2.19. The first-order valence-electron chi connectivity index (χ1n) is 4.70. The molecule has 0 aliphatic heterocycles. The van der Waals surface area contributed by atoms with E-state index in [1.165, 1.54) is 24.4 Å². The summed E-state index contributed by atoms with van der Waals surface area (Å²) in [6.07, 6.45) is 2.48. The van der Waals surface area contributed by atoms with Crippen LogP contribution in [0.25, 0.3) is 0 Å². The van der Waals surface area contributed by atoms with Gasteiger partial charge in [0.15, 0.2) is 8.32 Å². The highest BCUT2D eigenvalue weighted by molar-refractivity contribution is 7.07. The van der Waals surface area contributed by atoms with Gasteiger partial charge in [-0.05, 0) is 54.4 Å². The number of hydrogen-bond donors (Lipinski definition) is 0. The van der Waals surface area contributed by atoms with Crippen LogP contribution in [0.1, 0.15) is 12.0 Å². The van der Waals surface area contributed by atoms with Gasteiger partial charge in [0.1, 0.15) is 0 Å². The van der Waals surface area contributed by atoms with Crippen molar-refractivity contribution in [2.45, 2.75) is 32.0 Å². The predicted octanol–water partition coefficient (Wildman–Crippen LogP) is 3.53. The van der Waals surface area contributed by atoms with E-state index in [2.05, 4.69) is 29.9 Å². The maximum atomic E-state index is 5.50. The molecule has 0 spiro atoms. The maximum absolute atomic E-state index is 5.50. The van der Waals surface area contributed by atoms with Crippen molar-refractivity contribution in [2.75, 3.05) is 7.11 Å². The quantitative estimate of drug-likeness (QED) is 0.681. The zero-order valence-electron chi connectivity index (χ0n) is 8.67. The molecule has 0 aliphatic carbocycles.